The predicted octanol–water partition coefficient (Wildman–Crippen LogP) is 1.60. The fraction of sp³-hybridized carbons (Fsp3) is 0.167. The van der Waals surface area contributed by atoms with E-state index < -0.39 is 10.0 Å². The molecule has 2 aromatic rings. The van der Waals surface area contributed by atoms with Gasteiger partial charge in [-0.05, 0) is 29.6 Å². The van der Waals surface area contributed by atoms with E-state index in [2.05, 4.69) is 0 Å². The SMILES string of the molecule is Nc1ccc(OCCc2cccs2)c(S(N)(=O)=O)c1. The highest BCUT2D eigenvalue weighted by molar-refractivity contribution is 7.89. The topological polar surface area (TPSA) is 95.4 Å². The molecule has 19 heavy (non-hydrogen) atoms. The Morgan fingerprint density at radius 3 is 2.68 bits per heavy atom. The van der Waals surface area contributed by atoms with Crippen molar-refractivity contribution in [2.24, 2.45) is 5.14 Å². The first kappa shape index (κ1) is 13.9. The van der Waals surface area contributed by atoms with E-state index in [-0.39, 0.29) is 10.6 Å². The Hall–Kier alpha value is -1.57. The van der Waals surface area contributed by atoms with E-state index in [9.17, 15) is 8.42 Å². The van der Waals surface area contributed by atoms with Gasteiger partial charge in [0.15, 0.2) is 0 Å². The number of anilines is 1. The summed E-state index contributed by atoms with van der Waals surface area (Å²) in [7, 11) is -3.84. The summed E-state index contributed by atoms with van der Waals surface area (Å²) in [5.74, 6) is 0.230. The Morgan fingerprint density at radius 1 is 1.26 bits per heavy atom. The Balaban J connectivity index is 2.12. The lowest BCUT2D eigenvalue weighted by molar-refractivity contribution is 0.314. The molecule has 0 aliphatic carbocycles. The van der Waals surface area contributed by atoms with Crippen molar-refractivity contribution >= 4 is 27.0 Å². The molecular weight excluding hydrogens is 284 g/mol. The van der Waals surface area contributed by atoms with Gasteiger partial charge < -0.3 is 10.5 Å². The van der Waals surface area contributed by atoms with Crippen LogP contribution in [-0.2, 0) is 16.4 Å². The molecule has 0 radical (unpaired) electrons. The van der Waals surface area contributed by atoms with Gasteiger partial charge >= 0.3 is 0 Å². The molecule has 0 saturated carbocycles. The number of rotatable bonds is 5. The number of ether oxygens (including phenoxy) is 1. The molecule has 0 spiro atoms. The van der Waals surface area contributed by atoms with Crippen molar-refractivity contribution in [3.63, 3.8) is 0 Å². The van der Waals surface area contributed by atoms with E-state index in [0.717, 1.165) is 0 Å². The van der Waals surface area contributed by atoms with Crippen LogP contribution >= 0.6 is 11.3 Å². The molecule has 0 bridgehead atoms. The van der Waals surface area contributed by atoms with Crippen molar-refractivity contribution in [3.8, 4) is 5.75 Å². The zero-order valence-electron chi connectivity index (χ0n) is 10.1. The minimum Gasteiger partial charge on any atom is -0.492 e. The third-order valence-electron chi connectivity index (χ3n) is 2.46. The first-order valence-corrected chi connectivity index (χ1v) is 7.97. The Bertz CT molecular complexity index is 652. The van der Waals surface area contributed by atoms with E-state index in [4.69, 9.17) is 15.6 Å². The Kier molecular flexibility index (Phi) is 4.08. The molecule has 7 heteroatoms. The average Bonchev–Trinajstić information content (AvgIpc) is 2.83. The van der Waals surface area contributed by atoms with Gasteiger partial charge in [-0.25, -0.2) is 13.6 Å². The van der Waals surface area contributed by atoms with Crippen LogP contribution in [0, 0.1) is 0 Å². The van der Waals surface area contributed by atoms with Crippen LogP contribution in [0.15, 0.2) is 40.6 Å². The third-order valence-corrected chi connectivity index (χ3v) is 4.33. The van der Waals surface area contributed by atoms with Crippen LogP contribution in [0.1, 0.15) is 4.88 Å². The minimum atomic E-state index is -3.84. The molecular formula is C12H14N2O3S2. The van der Waals surface area contributed by atoms with Gasteiger partial charge in [0.2, 0.25) is 10.0 Å². The number of thiophene rings is 1. The zero-order valence-corrected chi connectivity index (χ0v) is 11.7. The van der Waals surface area contributed by atoms with Crippen LogP contribution in [0.4, 0.5) is 5.69 Å². The molecule has 0 fully saturated rings. The summed E-state index contributed by atoms with van der Waals surface area (Å²) in [4.78, 5) is 1.09. The number of hydrogen-bond donors (Lipinski definition) is 2. The molecule has 5 nitrogen and oxygen atoms in total. The lowest BCUT2D eigenvalue weighted by Crippen LogP contribution is -2.15. The van der Waals surface area contributed by atoms with Gasteiger partial charge in [0.05, 0.1) is 6.61 Å². The summed E-state index contributed by atoms with van der Waals surface area (Å²) in [6.07, 6.45) is 0.714. The van der Waals surface area contributed by atoms with Gasteiger partial charge in [0.1, 0.15) is 10.6 Å². The van der Waals surface area contributed by atoms with Gasteiger partial charge in [-0.1, -0.05) is 6.07 Å². The smallest absolute Gasteiger partial charge is 0.241 e. The highest BCUT2D eigenvalue weighted by Crippen LogP contribution is 2.25. The predicted molar refractivity (Wildman–Crippen MR) is 75.7 cm³/mol. The standard InChI is InChI=1S/C12H14N2O3S2/c13-9-3-4-11(12(8-9)19(14,15)16)17-6-5-10-2-1-7-18-10/h1-4,7-8H,5-6,13H2,(H2,14,15,16). The number of primary sulfonamides is 1. The third kappa shape index (κ3) is 3.69. The normalized spacial score (nSPS) is 11.4. The summed E-state index contributed by atoms with van der Waals surface area (Å²) >= 11 is 1.63. The first-order chi connectivity index (χ1) is 8.97. The molecule has 0 amide bonds. The van der Waals surface area contributed by atoms with E-state index in [1.54, 1.807) is 17.4 Å². The maximum Gasteiger partial charge on any atom is 0.241 e. The minimum absolute atomic E-state index is 0.0846. The second kappa shape index (κ2) is 5.60. The van der Waals surface area contributed by atoms with Crippen molar-refractivity contribution in [3.05, 3.63) is 40.6 Å². The summed E-state index contributed by atoms with van der Waals surface area (Å²) in [5, 5.41) is 7.11. The van der Waals surface area contributed by atoms with Crippen LogP contribution in [-0.4, -0.2) is 15.0 Å². The summed E-state index contributed by atoms with van der Waals surface area (Å²) in [5.41, 5.74) is 5.88. The Morgan fingerprint density at radius 2 is 2.05 bits per heavy atom. The summed E-state index contributed by atoms with van der Waals surface area (Å²) in [6, 6.07) is 8.35. The van der Waals surface area contributed by atoms with Crippen molar-refractivity contribution in [1.82, 2.24) is 0 Å². The van der Waals surface area contributed by atoms with Crippen LogP contribution in [0.5, 0.6) is 5.75 Å². The maximum absolute atomic E-state index is 11.4. The number of benzene rings is 1. The average molecular weight is 298 g/mol. The fourth-order valence-electron chi connectivity index (χ4n) is 1.58. The molecule has 102 valence electrons. The number of nitrogen functional groups attached to an aromatic ring is 1. The molecule has 0 aliphatic heterocycles. The second-order valence-corrected chi connectivity index (χ2v) is 6.49. The van der Waals surface area contributed by atoms with Gasteiger partial charge in [0.25, 0.3) is 0 Å². The highest BCUT2D eigenvalue weighted by Gasteiger charge is 2.15. The monoisotopic (exact) mass is 298 g/mol. The van der Waals surface area contributed by atoms with Crippen LogP contribution in [0.3, 0.4) is 0 Å². The number of nitrogens with two attached hydrogens (primary N) is 2. The number of sulfonamides is 1. The highest BCUT2D eigenvalue weighted by atomic mass is 32.2. The quantitative estimate of drug-likeness (QED) is 0.820. The van der Waals surface area contributed by atoms with Gasteiger partial charge in [-0.3, -0.25) is 0 Å². The molecule has 2 rings (SSSR count). The summed E-state index contributed by atoms with van der Waals surface area (Å²) < 4.78 is 28.4. The molecule has 1 aromatic carbocycles. The van der Waals surface area contributed by atoms with E-state index in [1.165, 1.54) is 17.0 Å². The molecule has 0 unspecified atom stereocenters. The van der Waals surface area contributed by atoms with E-state index in [0.29, 0.717) is 18.7 Å². The molecule has 1 heterocycles. The number of hydrogen-bond acceptors (Lipinski definition) is 5. The van der Waals surface area contributed by atoms with Crippen molar-refractivity contribution in [2.45, 2.75) is 11.3 Å². The first-order valence-electron chi connectivity index (χ1n) is 5.54. The second-order valence-electron chi connectivity index (χ2n) is 3.93. The van der Waals surface area contributed by atoms with E-state index >= 15 is 0 Å². The van der Waals surface area contributed by atoms with Gasteiger partial charge in [0, 0.05) is 17.0 Å². The van der Waals surface area contributed by atoms with Crippen LogP contribution in [0.25, 0.3) is 0 Å². The van der Waals surface area contributed by atoms with Crippen LogP contribution < -0.4 is 15.6 Å². The van der Waals surface area contributed by atoms with Gasteiger partial charge in [-0.15, -0.1) is 11.3 Å². The molecule has 0 saturated heterocycles. The molecule has 0 aliphatic rings. The summed E-state index contributed by atoms with van der Waals surface area (Å²) in [6.45, 7) is 0.382. The lowest BCUT2D eigenvalue weighted by Gasteiger charge is -2.10. The van der Waals surface area contributed by atoms with E-state index in [1.807, 2.05) is 17.5 Å². The van der Waals surface area contributed by atoms with Crippen molar-refractivity contribution in [2.75, 3.05) is 12.3 Å². The maximum atomic E-state index is 11.4. The van der Waals surface area contributed by atoms with Crippen LogP contribution in [0.2, 0.25) is 0 Å². The Labute approximate surface area is 115 Å². The fourth-order valence-corrected chi connectivity index (χ4v) is 2.98. The van der Waals surface area contributed by atoms with Crippen molar-refractivity contribution in [1.29, 1.82) is 0 Å². The largest absolute Gasteiger partial charge is 0.492 e. The molecule has 1 aromatic heterocycles. The van der Waals surface area contributed by atoms with Gasteiger partial charge in [-0.2, -0.15) is 0 Å². The molecule has 0 atom stereocenters. The lowest BCUT2D eigenvalue weighted by atomic mass is 10.3. The zero-order chi connectivity index (χ0) is 13.9. The molecule has 4 N–H and O–H groups in total. The van der Waals surface area contributed by atoms with Crippen molar-refractivity contribution < 1.29 is 13.2 Å².